The topological polar surface area (TPSA) is 94.0 Å². The zero-order valence-electron chi connectivity index (χ0n) is 14.2. The van der Waals surface area contributed by atoms with Crippen LogP contribution in [-0.2, 0) is 11.2 Å². The van der Waals surface area contributed by atoms with Crippen LogP contribution in [0.5, 0.6) is 0 Å². The average Bonchev–Trinajstić information content (AvgIpc) is 3.04. The highest BCUT2D eigenvalue weighted by Gasteiger charge is 2.16. The van der Waals surface area contributed by atoms with Crippen molar-refractivity contribution < 1.29 is 9.32 Å². The number of hydrogen-bond donors (Lipinski definition) is 2. The van der Waals surface area contributed by atoms with Gasteiger partial charge in [-0.1, -0.05) is 48.3 Å². The monoisotopic (exact) mass is 330 g/mol. The normalized spacial score (nSPS) is 12.1. The molecule has 1 unspecified atom stereocenters. The number of carbonyl (C=O) groups is 1. The molecule has 6 heteroatoms. The van der Waals surface area contributed by atoms with Crippen LogP contribution >= 0.6 is 0 Å². The molecule has 1 amide bonds. The van der Waals surface area contributed by atoms with Crippen molar-refractivity contribution in [2.75, 3.05) is 6.54 Å². The first-order chi connectivity index (χ1) is 11.7. The van der Waals surface area contributed by atoms with Crippen molar-refractivity contribution in [1.29, 1.82) is 0 Å². The molecule has 3 N–H and O–H groups in total. The van der Waals surface area contributed by atoms with Gasteiger partial charge in [0.1, 0.15) is 6.04 Å². The molecule has 130 valence electrons. The molecule has 0 fully saturated rings. The lowest BCUT2D eigenvalue weighted by Crippen LogP contribution is -2.26. The predicted octanol–water partition coefficient (Wildman–Crippen LogP) is 2.75. The highest BCUT2D eigenvalue weighted by Crippen LogP contribution is 2.13. The predicted molar refractivity (Wildman–Crippen MR) is 92.2 cm³/mol. The van der Waals surface area contributed by atoms with Gasteiger partial charge in [0, 0.05) is 12.8 Å². The summed E-state index contributed by atoms with van der Waals surface area (Å²) in [6, 6.07) is 9.69. The number of nitrogens with one attached hydrogen (secondary N) is 1. The summed E-state index contributed by atoms with van der Waals surface area (Å²) >= 11 is 0. The first kappa shape index (κ1) is 18.1. The number of aromatic nitrogens is 2. The zero-order chi connectivity index (χ0) is 17.2. The van der Waals surface area contributed by atoms with Crippen LogP contribution in [0.4, 0.5) is 0 Å². The van der Waals surface area contributed by atoms with E-state index in [-0.39, 0.29) is 11.9 Å². The summed E-state index contributed by atoms with van der Waals surface area (Å²) in [7, 11) is 0. The molecule has 1 atom stereocenters. The highest BCUT2D eigenvalue weighted by molar-refractivity contribution is 5.76. The van der Waals surface area contributed by atoms with E-state index in [4.69, 9.17) is 10.3 Å². The Kier molecular flexibility index (Phi) is 7.42. The van der Waals surface area contributed by atoms with Crippen LogP contribution in [0.25, 0.3) is 0 Å². The second-order valence-electron chi connectivity index (χ2n) is 5.95. The summed E-state index contributed by atoms with van der Waals surface area (Å²) < 4.78 is 5.27. The van der Waals surface area contributed by atoms with Crippen molar-refractivity contribution in [1.82, 2.24) is 15.5 Å². The summed E-state index contributed by atoms with van der Waals surface area (Å²) in [5.41, 5.74) is 6.57. The van der Waals surface area contributed by atoms with Gasteiger partial charge in [0.2, 0.25) is 11.8 Å². The van der Waals surface area contributed by atoms with Crippen LogP contribution in [0.15, 0.2) is 34.9 Å². The molecule has 2 aromatic rings. The van der Waals surface area contributed by atoms with Crippen LogP contribution in [-0.4, -0.2) is 22.6 Å². The summed E-state index contributed by atoms with van der Waals surface area (Å²) in [4.78, 5) is 16.3. The fraction of sp³-hybridized carbons (Fsp3) is 0.500. The smallest absolute Gasteiger partial charge is 0.248 e. The van der Waals surface area contributed by atoms with Crippen molar-refractivity contribution in [2.45, 2.75) is 51.5 Å². The Hall–Kier alpha value is -2.21. The van der Waals surface area contributed by atoms with E-state index in [9.17, 15) is 4.79 Å². The second kappa shape index (κ2) is 9.82. The third-order valence-electron chi connectivity index (χ3n) is 3.79. The van der Waals surface area contributed by atoms with Crippen molar-refractivity contribution in [3.05, 3.63) is 47.6 Å². The molecule has 0 spiro atoms. The van der Waals surface area contributed by atoms with Gasteiger partial charge in [-0.25, -0.2) is 0 Å². The Morgan fingerprint density at radius 3 is 2.71 bits per heavy atom. The van der Waals surface area contributed by atoms with Crippen molar-refractivity contribution in [2.24, 2.45) is 5.73 Å². The first-order valence-electron chi connectivity index (χ1n) is 8.55. The summed E-state index contributed by atoms with van der Waals surface area (Å²) in [6.07, 6.45) is 5.13. The number of rotatable bonds is 10. The molecule has 2 rings (SSSR count). The SMILES string of the molecule is CC(NC(=O)CCCCCCN)c1nc(Cc2ccccc2)no1. The van der Waals surface area contributed by atoms with Crippen molar-refractivity contribution in [3.63, 3.8) is 0 Å². The van der Waals surface area contributed by atoms with E-state index in [1.807, 2.05) is 37.3 Å². The number of nitrogens with two attached hydrogens (primary N) is 1. The van der Waals surface area contributed by atoms with Gasteiger partial charge in [0.25, 0.3) is 0 Å². The van der Waals surface area contributed by atoms with E-state index in [1.54, 1.807) is 0 Å². The molecule has 24 heavy (non-hydrogen) atoms. The Morgan fingerprint density at radius 1 is 1.21 bits per heavy atom. The number of benzene rings is 1. The van der Waals surface area contributed by atoms with E-state index in [0.717, 1.165) is 31.2 Å². The van der Waals surface area contributed by atoms with Crippen LogP contribution < -0.4 is 11.1 Å². The minimum atomic E-state index is -0.279. The third-order valence-corrected chi connectivity index (χ3v) is 3.79. The fourth-order valence-corrected chi connectivity index (χ4v) is 2.45. The molecular weight excluding hydrogens is 304 g/mol. The fourth-order valence-electron chi connectivity index (χ4n) is 2.45. The van der Waals surface area contributed by atoms with Crippen molar-refractivity contribution >= 4 is 5.91 Å². The minimum absolute atomic E-state index is 0.0121. The third kappa shape index (κ3) is 6.12. The maximum atomic E-state index is 11.9. The van der Waals surface area contributed by atoms with E-state index in [0.29, 0.717) is 31.1 Å². The molecule has 0 radical (unpaired) electrons. The summed E-state index contributed by atoms with van der Waals surface area (Å²) in [6.45, 7) is 2.57. The molecule has 6 nitrogen and oxygen atoms in total. The van der Waals surface area contributed by atoms with Crippen LogP contribution in [0, 0.1) is 0 Å². The molecule has 0 saturated heterocycles. The van der Waals surface area contributed by atoms with Gasteiger partial charge in [-0.15, -0.1) is 0 Å². The number of unbranched alkanes of at least 4 members (excludes halogenated alkanes) is 3. The maximum absolute atomic E-state index is 11.9. The Morgan fingerprint density at radius 2 is 1.96 bits per heavy atom. The Bertz CT molecular complexity index is 612. The molecule has 1 heterocycles. The van der Waals surface area contributed by atoms with Gasteiger partial charge >= 0.3 is 0 Å². The lowest BCUT2D eigenvalue weighted by molar-refractivity contribution is -0.122. The standard InChI is InChI=1S/C18H26N4O2/c1-14(20-17(23)11-7-2-3-8-12-19)18-21-16(22-24-18)13-15-9-5-4-6-10-15/h4-6,9-10,14H,2-3,7-8,11-13,19H2,1H3,(H,20,23). The first-order valence-corrected chi connectivity index (χ1v) is 8.55. The summed E-state index contributed by atoms with van der Waals surface area (Å²) in [5, 5.41) is 6.89. The second-order valence-corrected chi connectivity index (χ2v) is 5.95. The number of carbonyl (C=O) groups excluding carboxylic acids is 1. The van der Waals surface area contributed by atoms with Crippen LogP contribution in [0.1, 0.15) is 62.3 Å². The largest absolute Gasteiger partial charge is 0.345 e. The summed E-state index contributed by atoms with van der Waals surface area (Å²) in [5.74, 6) is 1.08. The van der Waals surface area contributed by atoms with Gasteiger partial charge in [0.15, 0.2) is 5.82 Å². The molecule has 1 aromatic heterocycles. The molecular formula is C18H26N4O2. The molecule has 0 aliphatic carbocycles. The number of hydrogen-bond acceptors (Lipinski definition) is 5. The molecule has 0 aliphatic heterocycles. The quantitative estimate of drug-likeness (QED) is 0.653. The molecule has 1 aromatic carbocycles. The minimum Gasteiger partial charge on any atom is -0.345 e. The number of nitrogens with zero attached hydrogens (tertiary/aromatic N) is 2. The molecule has 0 saturated carbocycles. The van der Waals surface area contributed by atoms with E-state index >= 15 is 0 Å². The maximum Gasteiger partial charge on any atom is 0.248 e. The average molecular weight is 330 g/mol. The van der Waals surface area contributed by atoms with Gasteiger partial charge in [-0.05, 0) is 31.9 Å². The van der Waals surface area contributed by atoms with E-state index in [2.05, 4.69) is 15.5 Å². The van der Waals surface area contributed by atoms with E-state index in [1.165, 1.54) is 0 Å². The van der Waals surface area contributed by atoms with Crippen molar-refractivity contribution in [3.8, 4) is 0 Å². The number of amides is 1. The van der Waals surface area contributed by atoms with Crippen LogP contribution in [0.3, 0.4) is 0 Å². The lowest BCUT2D eigenvalue weighted by atomic mass is 10.1. The van der Waals surface area contributed by atoms with Gasteiger partial charge < -0.3 is 15.6 Å². The van der Waals surface area contributed by atoms with Gasteiger partial charge in [0.05, 0.1) is 0 Å². The zero-order valence-corrected chi connectivity index (χ0v) is 14.2. The van der Waals surface area contributed by atoms with Gasteiger partial charge in [-0.2, -0.15) is 4.98 Å². The van der Waals surface area contributed by atoms with E-state index < -0.39 is 0 Å². The Balaban J connectivity index is 1.76. The molecule has 0 aliphatic rings. The van der Waals surface area contributed by atoms with Gasteiger partial charge in [-0.3, -0.25) is 4.79 Å². The lowest BCUT2D eigenvalue weighted by Gasteiger charge is -2.09. The Labute approximate surface area is 142 Å². The molecule has 0 bridgehead atoms. The highest BCUT2D eigenvalue weighted by atomic mass is 16.5. The van der Waals surface area contributed by atoms with Crippen LogP contribution in [0.2, 0.25) is 0 Å².